The molecule has 1 aromatic heterocycles. The van der Waals surface area contributed by atoms with Crippen molar-refractivity contribution in [3.05, 3.63) is 106 Å². The van der Waals surface area contributed by atoms with Crippen LogP contribution in [0.25, 0.3) is 22.7 Å². The highest BCUT2D eigenvalue weighted by molar-refractivity contribution is 5.90. The van der Waals surface area contributed by atoms with E-state index in [1.807, 2.05) is 13.0 Å². The van der Waals surface area contributed by atoms with E-state index in [9.17, 15) is 19.8 Å². The molecule has 0 aliphatic rings. The molecule has 186 valence electrons. The van der Waals surface area contributed by atoms with Gasteiger partial charge in [0.15, 0.2) is 11.5 Å². The van der Waals surface area contributed by atoms with Crippen LogP contribution in [-0.4, -0.2) is 21.5 Å². The van der Waals surface area contributed by atoms with E-state index in [4.69, 9.17) is 9.47 Å². The Labute approximate surface area is 212 Å². The number of aromatic amines is 1. The normalized spacial score (nSPS) is 11.2. The zero-order valence-electron chi connectivity index (χ0n) is 20.0. The lowest BCUT2D eigenvalue weighted by Crippen LogP contribution is -2.04. The number of fused-ring (bicyclic) bond motifs is 1. The minimum absolute atomic E-state index is 0.0182. The number of H-pyrrole nitrogens is 1. The summed E-state index contributed by atoms with van der Waals surface area (Å²) in [5, 5.41) is 20.9. The predicted octanol–water partition coefficient (Wildman–Crippen LogP) is 6.38. The summed E-state index contributed by atoms with van der Waals surface area (Å²) in [6.07, 6.45) is 3.84. The molecule has 1 heterocycles. The van der Waals surface area contributed by atoms with Crippen LogP contribution in [0.4, 0.5) is 10.1 Å². The number of hydrogen-bond acceptors (Lipinski definition) is 6. The number of nitro groups is 1. The molecule has 0 saturated carbocycles. The maximum absolute atomic E-state index is 13.6. The molecule has 37 heavy (non-hydrogen) atoms. The number of nitriles is 1. The number of halogens is 1. The Balaban J connectivity index is 1.71. The third-order valence-electron chi connectivity index (χ3n) is 5.45. The van der Waals surface area contributed by atoms with Crippen molar-refractivity contribution in [1.82, 2.24) is 9.97 Å². The molecule has 0 amide bonds. The number of benzene rings is 3. The minimum atomic E-state index is -0.454. The fourth-order valence-electron chi connectivity index (χ4n) is 3.85. The lowest BCUT2D eigenvalue weighted by Gasteiger charge is -2.17. The van der Waals surface area contributed by atoms with Gasteiger partial charge in [-0.3, -0.25) is 10.1 Å². The summed E-state index contributed by atoms with van der Waals surface area (Å²) in [5.74, 6) is 0.865. The topological polar surface area (TPSA) is 114 Å². The maximum atomic E-state index is 13.6. The average Bonchev–Trinajstić information content (AvgIpc) is 3.30. The second-order valence-corrected chi connectivity index (χ2v) is 8.07. The SMILES string of the molecule is C=CCc1cc(/C=C(/C#N)c2nc3ccc(F)cc3[nH]2)cc(OCC)c1OCc1cccc([N+](=O)[O-])c1. The van der Waals surface area contributed by atoms with Gasteiger partial charge in [-0.1, -0.05) is 18.2 Å². The third-order valence-corrected chi connectivity index (χ3v) is 5.45. The molecule has 0 fully saturated rings. The average molecular weight is 499 g/mol. The predicted molar refractivity (Wildman–Crippen MR) is 138 cm³/mol. The molecular weight excluding hydrogens is 475 g/mol. The van der Waals surface area contributed by atoms with Gasteiger partial charge in [0.2, 0.25) is 0 Å². The van der Waals surface area contributed by atoms with Crippen LogP contribution in [0, 0.1) is 27.3 Å². The number of nitrogens with zero attached hydrogens (tertiary/aromatic N) is 3. The monoisotopic (exact) mass is 498 g/mol. The number of ether oxygens (including phenoxy) is 2. The van der Waals surface area contributed by atoms with Gasteiger partial charge >= 0.3 is 0 Å². The van der Waals surface area contributed by atoms with Gasteiger partial charge in [-0.2, -0.15) is 5.26 Å². The lowest BCUT2D eigenvalue weighted by atomic mass is 10.0. The first-order valence-corrected chi connectivity index (χ1v) is 11.5. The van der Waals surface area contributed by atoms with Crippen molar-refractivity contribution < 1.29 is 18.8 Å². The van der Waals surface area contributed by atoms with Crippen molar-refractivity contribution in [2.75, 3.05) is 6.61 Å². The molecule has 0 radical (unpaired) electrons. The number of rotatable bonds is 10. The van der Waals surface area contributed by atoms with Gasteiger partial charge < -0.3 is 14.5 Å². The molecule has 0 spiro atoms. The van der Waals surface area contributed by atoms with Gasteiger partial charge in [-0.25, -0.2) is 9.37 Å². The first kappa shape index (κ1) is 25.1. The number of hydrogen-bond donors (Lipinski definition) is 1. The van der Waals surface area contributed by atoms with Gasteiger partial charge in [0.05, 0.1) is 28.1 Å². The van der Waals surface area contributed by atoms with Crippen molar-refractivity contribution in [2.24, 2.45) is 0 Å². The van der Waals surface area contributed by atoms with E-state index in [0.717, 1.165) is 5.56 Å². The molecule has 0 aliphatic heterocycles. The summed E-state index contributed by atoms with van der Waals surface area (Å²) in [7, 11) is 0. The number of aromatic nitrogens is 2. The van der Waals surface area contributed by atoms with E-state index < -0.39 is 10.7 Å². The molecule has 4 aromatic rings. The largest absolute Gasteiger partial charge is 0.490 e. The number of non-ortho nitro benzene ring substituents is 1. The Morgan fingerprint density at radius 1 is 1.24 bits per heavy atom. The number of imidazole rings is 1. The second kappa shape index (κ2) is 11.2. The first-order valence-electron chi connectivity index (χ1n) is 11.5. The van der Waals surface area contributed by atoms with Crippen LogP contribution in [0.1, 0.15) is 29.4 Å². The summed E-state index contributed by atoms with van der Waals surface area (Å²) in [6, 6.07) is 16.2. The fourth-order valence-corrected chi connectivity index (χ4v) is 3.85. The van der Waals surface area contributed by atoms with Gasteiger partial charge in [-0.05, 0) is 60.9 Å². The molecule has 0 aliphatic carbocycles. The van der Waals surface area contributed by atoms with Gasteiger partial charge in [0, 0.05) is 17.7 Å². The smallest absolute Gasteiger partial charge is 0.269 e. The molecule has 9 heteroatoms. The van der Waals surface area contributed by atoms with Crippen LogP contribution >= 0.6 is 0 Å². The van der Waals surface area contributed by atoms with Crippen LogP contribution in [0.15, 0.2) is 67.3 Å². The van der Waals surface area contributed by atoms with E-state index in [0.29, 0.717) is 52.5 Å². The summed E-state index contributed by atoms with van der Waals surface area (Å²) >= 11 is 0. The highest BCUT2D eigenvalue weighted by Gasteiger charge is 2.16. The van der Waals surface area contributed by atoms with Gasteiger partial charge in [-0.15, -0.1) is 6.58 Å². The number of nitro benzene ring substituents is 1. The van der Waals surface area contributed by atoms with Crippen molar-refractivity contribution in [2.45, 2.75) is 20.0 Å². The van der Waals surface area contributed by atoms with Crippen LogP contribution in [0.5, 0.6) is 11.5 Å². The standard InChI is InChI=1S/C28H23FN4O4/c1-3-6-20-11-19(12-21(16-30)28-31-24-10-9-22(29)15-25(24)32-28)14-26(36-4-2)27(20)37-17-18-7-5-8-23(13-18)33(34)35/h3,5,7-15H,1,4,6,17H2,2H3,(H,31,32)/b21-12-. The van der Waals surface area contributed by atoms with Crippen molar-refractivity contribution in [3.63, 3.8) is 0 Å². The van der Waals surface area contributed by atoms with Crippen LogP contribution in [-0.2, 0) is 13.0 Å². The summed E-state index contributed by atoms with van der Waals surface area (Å²) in [4.78, 5) is 18.0. The van der Waals surface area contributed by atoms with E-state index in [2.05, 4.69) is 22.6 Å². The molecule has 4 rings (SSSR count). The Hall–Kier alpha value is -4.97. The zero-order chi connectivity index (χ0) is 26.4. The zero-order valence-corrected chi connectivity index (χ0v) is 20.0. The Kier molecular flexibility index (Phi) is 7.59. The third kappa shape index (κ3) is 5.82. The quantitative estimate of drug-likeness (QED) is 0.117. The van der Waals surface area contributed by atoms with Crippen molar-refractivity contribution >= 4 is 28.4 Å². The van der Waals surface area contributed by atoms with Crippen molar-refractivity contribution in [3.8, 4) is 17.6 Å². The number of allylic oxidation sites excluding steroid dienone is 2. The minimum Gasteiger partial charge on any atom is -0.490 e. The molecule has 0 saturated heterocycles. The van der Waals surface area contributed by atoms with Crippen LogP contribution in [0.2, 0.25) is 0 Å². The number of nitrogens with one attached hydrogen (secondary N) is 1. The van der Waals surface area contributed by atoms with E-state index in [1.54, 1.807) is 36.4 Å². The highest BCUT2D eigenvalue weighted by atomic mass is 19.1. The van der Waals surface area contributed by atoms with E-state index in [1.165, 1.54) is 24.3 Å². The Morgan fingerprint density at radius 2 is 2.08 bits per heavy atom. The molecule has 1 N–H and O–H groups in total. The fraction of sp³-hybridized carbons (Fsp3) is 0.143. The summed E-state index contributed by atoms with van der Waals surface area (Å²) < 4.78 is 25.5. The summed E-state index contributed by atoms with van der Waals surface area (Å²) in [5.41, 5.74) is 3.35. The first-order chi connectivity index (χ1) is 17.9. The van der Waals surface area contributed by atoms with Crippen molar-refractivity contribution in [1.29, 1.82) is 5.26 Å². The summed E-state index contributed by atoms with van der Waals surface area (Å²) in [6.45, 7) is 6.13. The van der Waals surface area contributed by atoms with E-state index >= 15 is 0 Å². The second-order valence-electron chi connectivity index (χ2n) is 8.07. The molecular formula is C28H23FN4O4. The highest BCUT2D eigenvalue weighted by Crippen LogP contribution is 2.36. The van der Waals surface area contributed by atoms with Crippen LogP contribution < -0.4 is 9.47 Å². The maximum Gasteiger partial charge on any atom is 0.269 e. The molecule has 0 bridgehead atoms. The van der Waals surface area contributed by atoms with Gasteiger partial charge in [0.25, 0.3) is 5.69 Å². The van der Waals surface area contributed by atoms with E-state index in [-0.39, 0.29) is 17.9 Å². The van der Waals surface area contributed by atoms with Crippen LogP contribution in [0.3, 0.4) is 0 Å². The molecule has 0 unspecified atom stereocenters. The molecule has 8 nitrogen and oxygen atoms in total. The van der Waals surface area contributed by atoms with Gasteiger partial charge in [0.1, 0.15) is 24.3 Å². The molecule has 0 atom stereocenters. The lowest BCUT2D eigenvalue weighted by molar-refractivity contribution is -0.384. The Bertz CT molecular complexity index is 1550. The molecule has 3 aromatic carbocycles. The Morgan fingerprint density at radius 3 is 2.81 bits per heavy atom.